The molecule has 0 N–H and O–H groups in total. The smallest absolute Gasteiger partial charge is 0.305 e. The van der Waals surface area contributed by atoms with Gasteiger partial charge >= 0.3 is 5.97 Å². The lowest BCUT2D eigenvalue weighted by molar-refractivity contribution is -0.143. The summed E-state index contributed by atoms with van der Waals surface area (Å²) in [5.74, 6) is -0.0528. The molecule has 0 radical (unpaired) electrons. The van der Waals surface area contributed by atoms with Crippen molar-refractivity contribution in [3.8, 4) is 6.07 Å². The van der Waals surface area contributed by atoms with Crippen molar-refractivity contribution < 1.29 is 9.53 Å². The Kier molecular flexibility index (Phi) is 12.2. The molecule has 0 aliphatic rings. The summed E-state index contributed by atoms with van der Waals surface area (Å²) in [5.41, 5.74) is 0. The van der Waals surface area contributed by atoms with E-state index in [0.29, 0.717) is 19.4 Å². The van der Waals surface area contributed by atoms with Gasteiger partial charge in [0.05, 0.1) is 12.7 Å². The molecule has 0 aromatic carbocycles. The molecule has 0 aliphatic heterocycles. The van der Waals surface area contributed by atoms with Gasteiger partial charge in [-0.1, -0.05) is 39.0 Å². The molecule has 0 rings (SSSR count). The van der Waals surface area contributed by atoms with Crippen LogP contribution in [0.4, 0.5) is 0 Å². The molecule has 0 saturated carbocycles. The minimum atomic E-state index is -0.0528. The molecule has 0 aliphatic carbocycles. The zero-order chi connectivity index (χ0) is 12.8. The first kappa shape index (κ1) is 16.0. The Morgan fingerprint density at radius 2 is 1.71 bits per heavy atom. The first-order chi connectivity index (χ1) is 8.31. The summed E-state index contributed by atoms with van der Waals surface area (Å²) in [4.78, 5) is 11.2. The predicted octanol–water partition coefficient (Wildman–Crippen LogP) is 3.97. The van der Waals surface area contributed by atoms with E-state index in [1.54, 1.807) is 0 Å². The van der Waals surface area contributed by atoms with Crippen molar-refractivity contribution in [1.29, 1.82) is 5.26 Å². The van der Waals surface area contributed by atoms with Gasteiger partial charge in [-0.15, -0.1) is 0 Å². The van der Waals surface area contributed by atoms with Gasteiger partial charge < -0.3 is 4.74 Å². The van der Waals surface area contributed by atoms with E-state index in [0.717, 1.165) is 44.9 Å². The Morgan fingerprint density at radius 3 is 2.35 bits per heavy atom. The number of nitrogens with zero attached hydrogens (tertiary/aromatic N) is 1. The van der Waals surface area contributed by atoms with Crippen LogP contribution in [0, 0.1) is 11.3 Å². The third-order valence-corrected chi connectivity index (χ3v) is 2.68. The normalized spacial score (nSPS) is 9.88. The van der Waals surface area contributed by atoms with Crippen LogP contribution in [0.1, 0.15) is 71.1 Å². The molecule has 17 heavy (non-hydrogen) atoms. The molecule has 0 unspecified atom stereocenters. The molecule has 0 bridgehead atoms. The topological polar surface area (TPSA) is 50.1 Å². The molecule has 0 amide bonds. The standard InChI is InChI=1S/C14H25NO2/c1-2-3-13-17-14(16)11-9-7-5-4-6-8-10-12-15/h2-11,13H2,1H3. The summed E-state index contributed by atoms with van der Waals surface area (Å²) in [6.45, 7) is 2.66. The number of ether oxygens (including phenoxy) is 1. The van der Waals surface area contributed by atoms with Crippen molar-refractivity contribution in [3.63, 3.8) is 0 Å². The quantitative estimate of drug-likeness (QED) is 0.405. The van der Waals surface area contributed by atoms with Gasteiger partial charge in [0.2, 0.25) is 0 Å². The highest BCUT2D eigenvalue weighted by molar-refractivity contribution is 5.69. The molecule has 3 nitrogen and oxygen atoms in total. The van der Waals surface area contributed by atoms with E-state index in [9.17, 15) is 4.79 Å². The van der Waals surface area contributed by atoms with Crippen LogP contribution in [0.15, 0.2) is 0 Å². The maximum Gasteiger partial charge on any atom is 0.305 e. The van der Waals surface area contributed by atoms with Gasteiger partial charge in [0.25, 0.3) is 0 Å². The fraction of sp³-hybridized carbons (Fsp3) is 0.857. The summed E-state index contributed by atoms with van der Waals surface area (Å²) < 4.78 is 5.07. The highest BCUT2D eigenvalue weighted by Crippen LogP contribution is 2.08. The lowest BCUT2D eigenvalue weighted by Gasteiger charge is -2.03. The van der Waals surface area contributed by atoms with Gasteiger partial charge in [-0.2, -0.15) is 5.26 Å². The second kappa shape index (κ2) is 13.0. The Labute approximate surface area is 105 Å². The molecule has 0 heterocycles. The van der Waals surface area contributed by atoms with E-state index in [-0.39, 0.29) is 5.97 Å². The molecule has 0 aromatic rings. The average Bonchev–Trinajstić information content (AvgIpc) is 2.33. The number of rotatable bonds is 11. The summed E-state index contributed by atoms with van der Waals surface area (Å²) in [7, 11) is 0. The van der Waals surface area contributed by atoms with E-state index in [4.69, 9.17) is 10.00 Å². The van der Waals surface area contributed by atoms with Crippen LogP contribution in [0.3, 0.4) is 0 Å². The lowest BCUT2D eigenvalue weighted by Crippen LogP contribution is -2.05. The summed E-state index contributed by atoms with van der Waals surface area (Å²) in [6, 6.07) is 2.15. The number of nitriles is 1. The third kappa shape index (κ3) is 12.9. The van der Waals surface area contributed by atoms with Crippen LogP contribution >= 0.6 is 0 Å². The molecule has 0 spiro atoms. The van der Waals surface area contributed by atoms with Crippen molar-refractivity contribution >= 4 is 5.97 Å². The SMILES string of the molecule is CCCCOC(=O)CCCCCCCCC#N. The summed E-state index contributed by atoms with van der Waals surface area (Å²) >= 11 is 0. The molecule has 0 fully saturated rings. The molecule has 3 heteroatoms. The highest BCUT2D eigenvalue weighted by atomic mass is 16.5. The van der Waals surface area contributed by atoms with Crippen molar-refractivity contribution in [1.82, 2.24) is 0 Å². The van der Waals surface area contributed by atoms with E-state index in [1.807, 2.05) is 0 Å². The molecule has 0 aromatic heterocycles. The van der Waals surface area contributed by atoms with Crippen LogP contribution in [0.2, 0.25) is 0 Å². The van der Waals surface area contributed by atoms with Gasteiger partial charge in [0, 0.05) is 12.8 Å². The molecular formula is C14H25NO2. The minimum absolute atomic E-state index is 0.0528. The Hall–Kier alpha value is -1.04. The van der Waals surface area contributed by atoms with Gasteiger partial charge in [-0.3, -0.25) is 4.79 Å². The third-order valence-electron chi connectivity index (χ3n) is 2.68. The van der Waals surface area contributed by atoms with E-state index >= 15 is 0 Å². The monoisotopic (exact) mass is 239 g/mol. The Morgan fingerprint density at radius 1 is 1.06 bits per heavy atom. The van der Waals surface area contributed by atoms with Crippen molar-refractivity contribution in [2.24, 2.45) is 0 Å². The van der Waals surface area contributed by atoms with Gasteiger partial charge in [0.1, 0.15) is 0 Å². The number of esters is 1. The summed E-state index contributed by atoms with van der Waals surface area (Å²) in [6.07, 6.45) is 9.76. The number of unbranched alkanes of at least 4 members (excludes halogenated alkanes) is 7. The maximum absolute atomic E-state index is 11.2. The van der Waals surface area contributed by atoms with E-state index in [1.165, 1.54) is 6.42 Å². The van der Waals surface area contributed by atoms with Crippen molar-refractivity contribution in [2.75, 3.05) is 6.61 Å². The molecule has 0 atom stereocenters. The Bertz CT molecular complexity index is 221. The number of hydrogen-bond donors (Lipinski definition) is 0. The second-order valence-electron chi connectivity index (χ2n) is 4.35. The number of carbonyl (C=O) groups is 1. The maximum atomic E-state index is 11.2. The molecule has 98 valence electrons. The summed E-state index contributed by atoms with van der Waals surface area (Å²) in [5, 5.41) is 8.36. The van der Waals surface area contributed by atoms with Crippen molar-refractivity contribution in [3.05, 3.63) is 0 Å². The van der Waals surface area contributed by atoms with Crippen LogP contribution in [-0.2, 0) is 9.53 Å². The van der Waals surface area contributed by atoms with Crippen LogP contribution < -0.4 is 0 Å². The minimum Gasteiger partial charge on any atom is -0.466 e. The predicted molar refractivity (Wildman–Crippen MR) is 68.4 cm³/mol. The van der Waals surface area contributed by atoms with Crippen molar-refractivity contribution in [2.45, 2.75) is 71.1 Å². The zero-order valence-corrected chi connectivity index (χ0v) is 11.0. The Balaban J connectivity index is 3.11. The first-order valence-electron chi connectivity index (χ1n) is 6.83. The van der Waals surface area contributed by atoms with Crippen LogP contribution in [0.25, 0.3) is 0 Å². The van der Waals surface area contributed by atoms with Gasteiger partial charge in [-0.05, 0) is 19.3 Å². The highest BCUT2D eigenvalue weighted by Gasteiger charge is 2.01. The van der Waals surface area contributed by atoms with Crippen LogP contribution in [-0.4, -0.2) is 12.6 Å². The van der Waals surface area contributed by atoms with E-state index in [2.05, 4.69) is 13.0 Å². The number of carbonyl (C=O) groups excluding carboxylic acids is 1. The first-order valence-corrected chi connectivity index (χ1v) is 6.83. The zero-order valence-electron chi connectivity index (χ0n) is 11.0. The molecular weight excluding hydrogens is 214 g/mol. The van der Waals surface area contributed by atoms with Gasteiger partial charge in [-0.25, -0.2) is 0 Å². The average molecular weight is 239 g/mol. The van der Waals surface area contributed by atoms with E-state index < -0.39 is 0 Å². The van der Waals surface area contributed by atoms with Gasteiger partial charge in [0.15, 0.2) is 0 Å². The fourth-order valence-electron chi connectivity index (χ4n) is 1.58. The molecule has 0 saturated heterocycles. The largest absolute Gasteiger partial charge is 0.466 e. The lowest BCUT2D eigenvalue weighted by atomic mass is 10.1. The van der Waals surface area contributed by atoms with Crippen LogP contribution in [0.5, 0.6) is 0 Å². The number of hydrogen-bond acceptors (Lipinski definition) is 3. The fourth-order valence-corrected chi connectivity index (χ4v) is 1.58. The second-order valence-corrected chi connectivity index (χ2v) is 4.35.